The second-order valence-corrected chi connectivity index (χ2v) is 12.0. The molecule has 1 aliphatic carbocycles. The SMILES string of the molecule is CCOCCn1ncc2c1CCCC2N(C)S(=O)(=O)c1cnc(Oc2ccc(C(C)C)cc2)c(Br)c1. The van der Waals surface area contributed by atoms with Gasteiger partial charge in [0, 0.05) is 24.9 Å². The Hall–Kier alpha value is -2.27. The number of ether oxygens (including phenoxy) is 2. The molecule has 0 bridgehead atoms. The summed E-state index contributed by atoms with van der Waals surface area (Å²) in [6.45, 7) is 8.12. The number of aromatic nitrogens is 3. The average molecular weight is 578 g/mol. The molecule has 1 unspecified atom stereocenters. The van der Waals surface area contributed by atoms with Crippen LogP contribution in [0.3, 0.4) is 0 Å². The van der Waals surface area contributed by atoms with E-state index in [1.807, 2.05) is 35.9 Å². The Morgan fingerprint density at radius 3 is 2.64 bits per heavy atom. The lowest BCUT2D eigenvalue weighted by Crippen LogP contribution is -2.33. The van der Waals surface area contributed by atoms with Crippen molar-refractivity contribution in [3.63, 3.8) is 0 Å². The van der Waals surface area contributed by atoms with E-state index in [1.165, 1.54) is 16.1 Å². The minimum atomic E-state index is -3.80. The van der Waals surface area contributed by atoms with Crippen LogP contribution in [0.4, 0.5) is 0 Å². The zero-order chi connectivity index (χ0) is 25.9. The van der Waals surface area contributed by atoms with Crippen LogP contribution in [0.1, 0.15) is 62.4 Å². The van der Waals surface area contributed by atoms with E-state index < -0.39 is 10.0 Å². The highest BCUT2D eigenvalue weighted by Gasteiger charge is 2.34. The van der Waals surface area contributed by atoms with Crippen molar-refractivity contribution < 1.29 is 17.9 Å². The van der Waals surface area contributed by atoms with Crippen molar-refractivity contribution >= 4 is 26.0 Å². The summed E-state index contributed by atoms with van der Waals surface area (Å²) in [5.41, 5.74) is 3.25. The van der Waals surface area contributed by atoms with Gasteiger partial charge in [-0.15, -0.1) is 0 Å². The van der Waals surface area contributed by atoms with Crippen molar-refractivity contribution in [2.75, 3.05) is 20.3 Å². The third-order valence-corrected chi connectivity index (χ3v) is 8.94. The summed E-state index contributed by atoms with van der Waals surface area (Å²) >= 11 is 3.44. The molecule has 2 heterocycles. The molecule has 1 atom stereocenters. The molecule has 8 nitrogen and oxygen atoms in total. The van der Waals surface area contributed by atoms with Gasteiger partial charge in [-0.3, -0.25) is 4.68 Å². The number of rotatable bonds is 10. The number of fused-ring (bicyclic) bond motifs is 1. The fourth-order valence-corrected chi connectivity index (χ4v) is 6.37. The summed E-state index contributed by atoms with van der Waals surface area (Å²) in [5.74, 6) is 1.37. The van der Waals surface area contributed by atoms with Crippen LogP contribution >= 0.6 is 15.9 Å². The van der Waals surface area contributed by atoms with Crippen molar-refractivity contribution in [2.45, 2.75) is 63.4 Å². The minimum Gasteiger partial charge on any atom is -0.438 e. The monoisotopic (exact) mass is 576 g/mol. The molecule has 194 valence electrons. The minimum absolute atomic E-state index is 0.107. The van der Waals surface area contributed by atoms with Gasteiger partial charge >= 0.3 is 0 Å². The van der Waals surface area contributed by atoms with Gasteiger partial charge < -0.3 is 9.47 Å². The summed E-state index contributed by atoms with van der Waals surface area (Å²) < 4.78 is 42.3. The summed E-state index contributed by atoms with van der Waals surface area (Å²) in [7, 11) is -2.17. The number of hydrogen-bond acceptors (Lipinski definition) is 6. The van der Waals surface area contributed by atoms with E-state index in [0.717, 1.165) is 30.5 Å². The Labute approximate surface area is 221 Å². The molecule has 0 N–H and O–H groups in total. The standard InChI is InChI=1S/C26H33BrN4O4S/c1-5-34-14-13-31-25-8-6-7-24(22(25)17-29-31)30(4)36(32,33)21-15-23(27)26(28-16-21)35-20-11-9-19(10-12-20)18(2)3/h9-12,15-18,24H,5-8,13-14H2,1-4H3. The number of pyridine rings is 1. The van der Waals surface area contributed by atoms with Crippen LogP contribution < -0.4 is 4.74 Å². The first-order valence-electron chi connectivity index (χ1n) is 12.3. The Morgan fingerprint density at radius 1 is 1.22 bits per heavy atom. The summed E-state index contributed by atoms with van der Waals surface area (Å²) in [6, 6.07) is 9.06. The van der Waals surface area contributed by atoms with Gasteiger partial charge in [0.05, 0.1) is 36.1 Å². The second kappa shape index (κ2) is 11.4. The van der Waals surface area contributed by atoms with Gasteiger partial charge in [0.15, 0.2) is 0 Å². The highest BCUT2D eigenvalue weighted by molar-refractivity contribution is 9.10. The molecule has 1 aliphatic rings. The van der Waals surface area contributed by atoms with Gasteiger partial charge in [0.25, 0.3) is 0 Å². The summed E-state index contributed by atoms with van der Waals surface area (Å²) in [5, 5.41) is 4.52. The Morgan fingerprint density at radius 2 is 1.97 bits per heavy atom. The van der Waals surface area contributed by atoms with Crippen LogP contribution in [0.5, 0.6) is 11.6 Å². The van der Waals surface area contributed by atoms with Crippen LogP contribution in [-0.2, 0) is 27.7 Å². The Balaban J connectivity index is 1.52. The van der Waals surface area contributed by atoms with E-state index in [1.54, 1.807) is 19.3 Å². The summed E-state index contributed by atoms with van der Waals surface area (Å²) in [6.07, 6.45) is 5.66. The molecule has 0 aliphatic heterocycles. The molecule has 2 aromatic heterocycles. The van der Waals surface area contributed by atoms with Crippen LogP contribution in [0, 0.1) is 0 Å². The molecule has 0 radical (unpaired) electrons. The van der Waals surface area contributed by atoms with Crippen molar-refractivity contribution in [3.05, 3.63) is 64.0 Å². The predicted octanol–water partition coefficient (Wildman–Crippen LogP) is 5.69. The topological polar surface area (TPSA) is 86.6 Å². The summed E-state index contributed by atoms with van der Waals surface area (Å²) in [4.78, 5) is 4.42. The van der Waals surface area contributed by atoms with Crippen molar-refractivity contribution in [2.24, 2.45) is 0 Å². The lowest BCUT2D eigenvalue weighted by molar-refractivity contribution is 0.135. The van der Waals surface area contributed by atoms with E-state index >= 15 is 0 Å². The van der Waals surface area contributed by atoms with Gasteiger partial charge in [-0.25, -0.2) is 13.4 Å². The number of nitrogens with zero attached hydrogens (tertiary/aromatic N) is 4. The van der Waals surface area contributed by atoms with E-state index in [-0.39, 0.29) is 10.9 Å². The van der Waals surface area contributed by atoms with Gasteiger partial charge in [-0.2, -0.15) is 9.40 Å². The largest absolute Gasteiger partial charge is 0.438 e. The maximum absolute atomic E-state index is 13.6. The molecule has 0 saturated heterocycles. The fraction of sp³-hybridized carbons (Fsp3) is 0.462. The molecule has 3 aromatic rings. The zero-order valence-electron chi connectivity index (χ0n) is 21.1. The fourth-order valence-electron chi connectivity index (χ4n) is 4.45. The zero-order valence-corrected chi connectivity index (χ0v) is 23.5. The molecule has 10 heteroatoms. The first-order chi connectivity index (χ1) is 17.2. The average Bonchev–Trinajstić information content (AvgIpc) is 3.28. The molecule has 0 amide bonds. The molecule has 4 rings (SSSR count). The lowest BCUT2D eigenvalue weighted by atomic mass is 9.93. The molecular formula is C26H33BrN4O4S. The smallest absolute Gasteiger partial charge is 0.244 e. The first-order valence-corrected chi connectivity index (χ1v) is 14.5. The van der Waals surface area contributed by atoms with E-state index in [4.69, 9.17) is 9.47 Å². The Kier molecular flexibility index (Phi) is 8.49. The van der Waals surface area contributed by atoms with Gasteiger partial charge in [-0.1, -0.05) is 26.0 Å². The Bertz CT molecular complexity index is 1290. The maximum atomic E-state index is 13.6. The maximum Gasteiger partial charge on any atom is 0.244 e. The number of benzene rings is 1. The quantitative estimate of drug-likeness (QED) is 0.288. The molecule has 0 spiro atoms. The van der Waals surface area contributed by atoms with Crippen molar-refractivity contribution in [3.8, 4) is 11.6 Å². The third kappa shape index (κ3) is 5.66. The van der Waals surface area contributed by atoms with Crippen LogP contribution in [0.15, 0.2) is 52.1 Å². The molecule has 0 fully saturated rings. The van der Waals surface area contributed by atoms with Crippen LogP contribution in [0.25, 0.3) is 0 Å². The molecule has 36 heavy (non-hydrogen) atoms. The number of hydrogen-bond donors (Lipinski definition) is 0. The molecule has 1 aromatic carbocycles. The highest BCUT2D eigenvalue weighted by Crippen LogP contribution is 2.37. The van der Waals surface area contributed by atoms with Crippen LogP contribution in [0.2, 0.25) is 0 Å². The lowest BCUT2D eigenvalue weighted by Gasteiger charge is -2.31. The predicted molar refractivity (Wildman–Crippen MR) is 142 cm³/mol. The van der Waals surface area contributed by atoms with Gasteiger partial charge in [-0.05, 0) is 71.8 Å². The molecule has 0 saturated carbocycles. The van der Waals surface area contributed by atoms with Gasteiger partial charge in [0.2, 0.25) is 15.9 Å². The molecular weight excluding hydrogens is 544 g/mol. The van der Waals surface area contributed by atoms with E-state index in [2.05, 4.69) is 39.9 Å². The first kappa shape index (κ1) is 26.8. The normalized spacial score (nSPS) is 15.9. The second-order valence-electron chi connectivity index (χ2n) is 9.18. The number of sulfonamides is 1. The highest BCUT2D eigenvalue weighted by atomic mass is 79.9. The van der Waals surface area contributed by atoms with Crippen LogP contribution in [-0.4, -0.2) is 47.7 Å². The van der Waals surface area contributed by atoms with E-state index in [9.17, 15) is 8.42 Å². The number of halogens is 1. The van der Waals surface area contributed by atoms with Crippen molar-refractivity contribution in [1.82, 2.24) is 19.1 Å². The van der Waals surface area contributed by atoms with Gasteiger partial charge in [0.1, 0.15) is 10.6 Å². The van der Waals surface area contributed by atoms with Crippen molar-refractivity contribution in [1.29, 1.82) is 0 Å². The van der Waals surface area contributed by atoms with E-state index in [0.29, 0.717) is 41.8 Å². The third-order valence-electron chi connectivity index (χ3n) is 6.54.